The van der Waals surface area contributed by atoms with Gasteiger partial charge < -0.3 is 10.4 Å². The highest BCUT2D eigenvalue weighted by Gasteiger charge is 2.21. The summed E-state index contributed by atoms with van der Waals surface area (Å²) in [4.78, 5) is 22.3. The number of hydrogen-bond acceptors (Lipinski definition) is 2. The highest BCUT2D eigenvalue weighted by atomic mass is 16.4. The van der Waals surface area contributed by atoms with Gasteiger partial charge in [0.25, 0.3) is 0 Å². The van der Waals surface area contributed by atoms with Crippen LogP contribution in [0.3, 0.4) is 0 Å². The van der Waals surface area contributed by atoms with E-state index in [1.54, 1.807) is 0 Å². The van der Waals surface area contributed by atoms with Crippen LogP contribution in [0.1, 0.15) is 65.2 Å². The molecule has 1 aliphatic rings. The summed E-state index contributed by atoms with van der Waals surface area (Å²) in [5.41, 5.74) is -0.0287. The van der Waals surface area contributed by atoms with Gasteiger partial charge in [-0.05, 0) is 37.0 Å². The van der Waals surface area contributed by atoms with Gasteiger partial charge in [0, 0.05) is 19.4 Å². The molecule has 0 aromatic carbocycles. The number of rotatable bonds is 8. The van der Waals surface area contributed by atoms with Gasteiger partial charge in [0.1, 0.15) is 0 Å². The molecule has 0 heterocycles. The molecule has 1 saturated carbocycles. The van der Waals surface area contributed by atoms with Crippen LogP contribution in [0, 0.1) is 11.3 Å². The maximum atomic E-state index is 11.7. The quantitative estimate of drug-likeness (QED) is 0.712. The maximum Gasteiger partial charge on any atom is 0.303 e. The molecule has 0 atom stereocenters. The second-order valence-corrected chi connectivity index (χ2v) is 6.51. The van der Waals surface area contributed by atoms with Gasteiger partial charge in [0.15, 0.2) is 0 Å². The van der Waals surface area contributed by atoms with Crippen molar-refractivity contribution in [1.29, 1.82) is 0 Å². The van der Waals surface area contributed by atoms with Crippen LogP contribution in [-0.2, 0) is 9.59 Å². The molecule has 2 N–H and O–H groups in total. The van der Waals surface area contributed by atoms with Crippen LogP contribution in [0.2, 0.25) is 0 Å². The van der Waals surface area contributed by atoms with E-state index < -0.39 is 5.97 Å². The molecule has 0 aromatic heterocycles. The third-order valence-electron chi connectivity index (χ3n) is 4.09. The average Bonchev–Trinajstić information content (AvgIpc) is 2.79. The molecule has 1 rings (SSSR count). The van der Waals surface area contributed by atoms with Crippen LogP contribution in [0.25, 0.3) is 0 Å². The van der Waals surface area contributed by atoms with E-state index in [2.05, 4.69) is 19.2 Å². The van der Waals surface area contributed by atoms with Crippen molar-refractivity contribution in [3.05, 3.63) is 0 Å². The van der Waals surface area contributed by atoms with E-state index >= 15 is 0 Å². The van der Waals surface area contributed by atoms with Crippen molar-refractivity contribution in [1.82, 2.24) is 5.32 Å². The van der Waals surface area contributed by atoms with E-state index in [0.29, 0.717) is 25.3 Å². The van der Waals surface area contributed by atoms with Crippen molar-refractivity contribution >= 4 is 11.9 Å². The first-order chi connectivity index (χ1) is 8.89. The first-order valence-electron chi connectivity index (χ1n) is 7.37. The molecule has 4 nitrogen and oxygen atoms in total. The molecule has 1 fully saturated rings. The molecular weight excluding hydrogens is 242 g/mol. The molecule has 0 spiro atoms. The molecule has 0 radical (unpaired) electrons. The van der Waals surface area contributed by atoms with Crippen LogP contribution in [0.15, 0.2) is 0 Å². The first kappa shape index (κ1) is 16.0. The Morgan fingerprint density at radius 3 is 2.42 bits per heavy atom. The molecule has 1 amide bonds. The standard InChI is InChI=1S/C15H27NO3/c1-15(2,8-7-14(18)19)9-10-16-13(17)11-12-5-3-4-6-12/h12H,3-11H2,1-2H3,(H,16,17)(H,18,19). The van der Waals surface area contributed by atoms with Gasteiger partial charge in [0.2, 0.25) is 5.91 Å². The normalized spacial score (nSPS) is 16.5. The minimum absolute atomic E-state index is 0.0287. The summed E-state index contributed by atoms with van der Waals surface area (Å²) in [6, 6.07) is 0. The van der Waals surface area contributed by atoms with E-state index in [1.807, 2.05) is 0 Å². The van der Waals surface area contributed by atoms with E-state index in [9.17, 15) is 9.59 Å². The number of carbonyl (C=O) groups is 2. The first-order valence-corrected chi connectivity index (χ1v) is 7.37. The minimum Gasteiger partial charge on any atom is -0.481 e. The Morgan fingerprint density at radius 2 is 1.84 bits per heavy atom. The third-order valence-corrected chi connectivity index (χ3v) is 4.09. The van der Waals surface area contributed by atoms with E-state index in [0.717, 1.165) is 6.42 Å². The van der Waals surface area contributed by atoms with Crippen LogP contribution < -0.4 is 5.32 Å². The maximum absolute atomic E-state index is 11.7. The third kappa shape index (κ3) is 7.19. The number of carboxylic acid groups (broad SMARTS) is 1. The predicted octanol–water partition coefficient (Wildman–Crippen LogP) is 2.96. The molecule has 110 valence electrons. The van der Waals surface area contributed by atoms with Crippen LogP contribution in [0.4, 0.5) is 0 Å². The molecule has 0 saturated heterocycles. The second kappa shape index (κ2) is 7.51. The van der Waals surface area contributed by atoms with Crippen LogP contribution in [0.5, 0.6) is 0 Å². The summed E-state index contributed by atoms with van der Waals surface area (Å²) < 4.78 is 0. The lowest BCUT2D eigenvalue weighted by Crippen LogP contribution is -2.29. The number of hydrogen-bond donors (Lipinski definition) is 2. The van der Waals surface area contributed by atoms with E-state index in [1.165, 1.54) is 25.7 Å². The van der Waals surface area contributed by atoms with Crippen LogP contribution in [-0.4, -0.2) is 23.5 Å². The topological polar surface area (TPSA) is 66.4 Å². The Labute approximate surface area is 116 Å². The molecular formula is C15H27NO3. The molecule has 0 bridgehead atoms. The molecule has 1 aliphatic carbocycles. The zero-order valence-electron chi connectivity index (χ0n) is 12.2. The Hall–Kier alpha value is -1.06. The fraction of sp³-hybridized carbons (Fsp3) is 0.867. The SMILES string of the molecule is CC(C)(CCNC(=O)CC1CCCC1)CCC(=O)O. The minimum atomic E-state index is -0.752. The summed E-state index contributed by atoms with van der Waals surface area (Å²) in [6.07, 6.45) is 7.26. The van der Waals surface area contributed by atoms with Gasteiger partial charge >= 0.3 is 5.97 Å². The molecule has 0 unspecified atom stereocenters. The molecule has 4 heteroatoms. The Bertz CT molecular complexity index is 307. The number of nitrogens with one attached hydrogen (secondary N) is 1. The van der Waals surface area contributed by atoms with Gasteiger partial charge in [-0.25, -0.2) is 0 Å². The van der Waals surface area contributed by atoms with Crippen molar-refractivity contribution in [3.63, 3.8) is 0 Å². The molecule has 0 aliphatic heterocycles. The summed E-state index contributed by atoms with van der Waals surface area (Å²) in [7, 11) is 0. The van der Waals surface area contributed by atoms with Gasteiger partial charge in [-0.1, -0.05) is 26.7 Å². The zero-order valence-corrected chi connectivity index (χ0v) is 12.2. The fourth-order valence-electron chi connectivity index (χ4n) is 2.66. The number of carboxylic acids is 1. The lowest BCUT2D eigenvalue weighted by molar-refractivity contribution is -0.137. The summed E-state index contributed by atoms with van der Waals surface area (Å²) in [6.45, 7) is 4.76. The predicted molar refractivity (Wildman–Crippen MR) is 74.9 cm³/mol. The average molecular weight is 269 g/mol. The highest BCUT2D eigenvalue weighted by Crippen LogP contribution is 2.28. The van der Waals surface area contributed by atoms with E-state index in [4.69, 9.17) is 5.11 Å². The van der Waals surface area contributed by atoms with Gasteiger partial charge in [-0.15, -0.1) is 0 Å². The molecule has 0 aromatic rings. The summed E-state index contributed by atoms with van der Waals surface area (Å²) >= 11 is 0. The Kier molecular flexibility index (Phi) is 6.32. The van der Waals surface area contributed by atoms with Crippen LogP contribution >= 0.6 is 0 Å². The largest absolute Gasteiger partial charge is 0.481 e. The Morgan fingerprint density at radius 1 is 1.21 bits per heavy atom. The van der Waals surface area contributed by atoms with Crippen molar-refractivity contribution in [2.45, 2.75) is 65.2 Å². The lowest BCUT2D eigenvalue weighted by Gasteiger charge is -2.24. The fourth-order valence-corrected chi connectivity index (χ4v) is 2.66. The highest BCUT2D eigenvalue weighted by molar-refractivity contribution is 5.76. The van der Waals surface area contributed by atoms with Gasteiger partial charge in [-0.3, -0.25) is 9.59 Å². The number of amides is 1. The monoisotopic (exact) mass is 269 g/mol. The lowest BCUT2D eigenvalue weighted by atomic mass is 9.84. The van der Waals surface area contributed by atoms with Crippen molar-refractivity contribution < 1.29 is 14.7 Å². The summed E-state index contributed by atoms with van der Waals surface area (Å²) in [5, 5.41) is 11.6. The van der Waals surface area contributed by atoms with Gasteiger partial charge in [-0.2, -0.15) is 0 Å². The number of carbonyl (C=O) groups excluding carboxylic acids is 1. The Balaban J connectivity index is 2.13. The summed E-state index contributed by atoms with van der Waals surface area (Å²) in [5.74, 6) is -0.0145. The van der Waals surface area contributed by atoms with E-state index in [-0.39, 0.29) is 17.7 Å². The smallest absolute Gasteiger partial charge is 0.303 e. The number of aliphatic carboxylic acids is 1. The van der Waals surface area contributed by atoms with Crippen molar-refractivity contribution in [2.24, 2.45) is 11.3 Å². The zero-order chi connectivity index (χ0) is 14.3. The second-order valence-electron chi connectivity index (χ2n) is 6.51. The van der Waals surface area contributed by atoms with Crippen molar-refractivity contribution in [3.8, 4) is 0 Å². The van der Waals surface area contributed by atoms with Gasteiger partial charge in [0.05, 0.1) is 0 Å². The van der Waals surface area contributed by atoms with Crippen molar-refractivity contribution in [2.75, 3.05) is 6.54 Å². The molecule has 19 heavy (non-hydrogen) atoms.